The lowest BCUT2D eigenvalue weighted by atomic mass is 10.3. The Morgan fingerprint density at radius 1 is 1.45 bits per heavy atom. The lowest BCUT2D eigenvalue weighted by molar-refractivity contribution is -0.671. The molecule has 1 heterocycles. The fourth-order valence-corrected chi connectivity index (χ4v) is 1.21. The van der Waals surface area contributed by atoms with Gasteiger partial charge in [-0.1, -0.05) is 0 Å². The van der Waals surface area contributed by atoms with E-state index in [9.17, 15) is 0 Å². The van der Waals surface area contributed by atoms with Gasteiger partial charge in [-0.15, -0.1) is 11.6 Å². The summed E-state index contributed by atoms with van der Waals surface area (Å²) in [7, 11) is 2.03. The van der Waals surface area contributed by atoms with Crippen molar-refractivity contribution in [2.24, 2.45) is 7.05 Å². The van der Waals surface area contributed by atoms with Gasteiger partial charge >= 0.3 is 0 Å². The van der Waals surface area contributed by atoms with E-state index in [1.54, 1.807) is 0 Å². The summed E-state index contributed by atoms with van der Waals surface area (Å²) in [6.45, 7) is 1.08. The number of aromatic nitrogens is 2. The normalized spacial score (nSPS) is 10.4. The van der Waals surface area contributed by atoms with E-state index in [1.165, 1.54) is 0 Å². The molecular weight excluding hydrogens is 160 g/mol. The average Bonchev–Trinajstić information content (AvgIpc) is 2.37. The maximum atomic E-state index is 5.56. The van der Waals surface area contributed by atoms with Crippen LogP contribution >= 0.6 is 11.6 Å². The third-order valence-corrected chi connectivity index (χ3v) is 1.89. The predicted octanol–water partition coefficient (Wildman–Crippen LogP) is 1.33. The summed E-state index contributed by atoms with van der Waals surface area (Å²) in [5.41, 5.74) is 0. The molecule has 1 aromatic heterocycles. The van der Waals surface area contributed by atoms with Crippen LogP contribution in [0.1, 0.15) is 12.8 Å². The molecule has 0 saturated carbocycles. The number of imidazole rings is 1. The number of hydrogen-bond donors (Lipinski definition) is 0. The van der Waals surface area contributed by atoms with Crippen LogP contribution in [0.25, 0.3) is 0 Å². The molecule has 0 aliphatic heterocycles. The number of nitrogens with zero attached hydrogens (tertiary/aromatic N) is 2. The van der Waals surface area contributed by atoms with E-state index in [2.05, 4.69) is 17.1 Å². The molecule has 0 N–H and O–H groups in total. The van der Waals surface area contributed by atoms with E-state index in [0.717, 1.165) is 25.3 Å². The Hall–Kier alpha value is -0.500. The molecule has 0 bridgehead atoms. The Morgan fingerprint density at radius 2 is 2.27 bits per heavy atom. The standard InChI is InChI=1S/C8H14ClN2/c1-10-6-7-11(8-10)5-3-2-4-9/h6-8H,2-5H2,1H3/q+1. The zero-order chi connectivity index (χ0) is 8.10. The van der Waals surface area contributed by atoms with Gasteiger partial charge in [0.05, 0.1) is 13.6 Å². The van der Waals surface area contributed by atoms with Gasteiger partial charge in [-0.3, -0.25) is 0 Å². The summed E-state index contributed by atoms with van der Waals surface area (Å²) in [5, 5.41) is 0. The Balaban J connectivity index is 2.27. The molecule has 3 heteroatoms. The van der Waals surface area contributed by atoms with E-state index in [4.69, 9.17) is 11.6 Å². The molecule has 0 aliphatic carbocycles. The zero-order valence-corrected chi connectivity index (χ0v) is 7.59. The first-order valence-electron chi connectivity index (χ1n) is 3.90. The first-order valence-corrected chi connectivity index (χ1v) is 4.43. The molecule has 0 saturated heterocycles. The van der Waals surface area contributed by atoms with Gasteiger partial charge < -0.3 is 0 Å². The molecule has 0 aliphatic rings. The van der Waals surface area contributed by atoms with Crippen molar-refractivity contribution in [1.29, 1.82) is 0 Å². The molecule has 11 heavy (non-hydrogen) atoms. The summed E-state index contributed by atoms with van der Waals surface area (Å²) in [6, 6.07) is 0. The third-order valence-electron chi connectivity index (χ3n) is 1.62. The number of halogens is 1. The average molecular weight is 174 g/mol. The van der Waals surface area contributed by atoms with Gasteiger partial charge in [0.25, 0.3) is 0 Å². The minimum absolute atomic E-state index is 0.771. The van der Waals surface area contributed by atoms with Crippen molar-refractivity contribution in [2.45, 2.75) is 19.4 Å². The van der Waals surface area contributed by atoms with Crippen LogP contribution in [-0.2, 0) is 13.6 Å². The minimum Gasteiger partial charge on any atom is -0.240 e. The third kappa shape index (κ3) is 2.93. The fourth-order valence-electron chi connectivity index (χ4n) is 1.02. The second-order valence-corrected chi connectivity index (χ2v) is 3.09. The van der Waals surface area contributed by atoms with E-state index >= 15 is 0 Å². The Morgan fingerprint density at radius 3 is 2.82 bits per heavy atom. The first kappa shape index (κ1) is 8.60. The van der Waals surface area contributed by atoms with Gasteiger partial charge in [0.1, 0.15) is 12.4 Å². The quantitative estimate of drug-likeness (QED) is 0.369. The van der Waals surface area contributed by atoms with Crippen LogP contribution < -0.4 is 4.57 Å². The van der Waals surface area contributed by atoms with Gasteiger partial charge in [0.15, 0.2) is 0 Å². The summed E-state index contributed by atoms with van der Waals surface area (Å²) in [4.78, 5) is 0. The summed E-state index contributed by atoms with van der Waals surface area (Å²) in [6.07, 6.45) is 8.46. The van der Waals surface area contributed by atoms with Crippen LogP contribution in [0.15, 0.2) is 18.7 Å². The minimum atomic E-state index is 0.771. The highest BCUT2D eigenvalue weighted by atomic mass is 35.5. The number of aryl methyl sites for hydroxylation is 2. The lowest BCUT2D eigenvalue weighted by Gasteiger charge is -1.92. The molecule has 2 nitrogen and oxygen atoms in total. The van der Waals surface area contributed by atoms with Gasteiger partial charge in [-0.05, 0) is 12.8 Å². The molecule has 1 aromatic rings. The van der Waals surface area contributed by atoms with Crippen molar-refractivity contribution in [3.63, 3.8) is 0 Å². The maximum absolute atomic E-state index is 5.56. The van der Waals surface area contributed by atoms with Crippen molar-refractivity contribution in [2.75, 3.05) is 5.88 Å². The monoisotopic (exact) mass is 173 g/mol. The van der Waals surface area contributed by atoms with Crippen molar-refractivity contribution in [3.8, 4) is 0 Å². The number of unbranched alkanes of at least 4 members (excludes halogenated alkanes) is 1. The molecule has 0 amide bonds. The SMILES string of the molecule is C[n+]1ccn(CCCCCl)c1. The topological polar surface area (TPSA) is 8.81 Å². The van der Waals surface area contributed by atoms with Crippen molar-refractivity contribution in [1.82, 2.24) is 4.57 Å². The molecule has 0 aromatic carbocycles. The first-order chi connectivity index (χ1) is 5.33. The maximum Gasteiger partial charge on any atom is 0.243 e. The van der Waals surface area contributed by atoms with Crippen LogP contribution in [-0.4, -0.2) is 10.4 Å². The Kier molecular flexibility index (Phi) is 3.43. The largest absolute Gasteiger partial charge is 0.243 e. The molecule has 0 atom stereocenters. The zero-order valence-electron chi connectivity index (χ0n) is 6.83. The van der Waals surface area contributed by atoms with Crippen LogP contribution in [0.5, 0.6) is 0 Å². The number of alkyl halides is 1. The smallest absolute Gasteiger partial charge is 0.240 e. The van der Waals surface area contributed by atoms with Crippen molar-refractivity contribution < 1.29 is 4.57 Å². The van der Waals surface area contributed by atoms with Crippen LogP contribution in [0.3, 0.4) is 0 Å². The van der Waals surface area contributed by atoms with E-state index < -0.39 is 0 Å². The molecule has 62 valence electrons. The Labute approximate surface area is 72.4 Å². The summed E-state index contributed by atoms with van der Waals surface area (Å²) < 4.78 is 4.22. The molecule has 0 unspecified atom stereocenters. The molecule has 1 rings (SSSR count). The van der Waals surface area contributed by atoms with E-state index in [-0.39, 0.29) is 0 Å². The summed E-state index contributed by atoms with van der Waals surface area (Å²) in [5.74, 6) is 0.771. The van der Waals surface area contributed by atoms with Crippen molar-refractivity contribution in [3.05, 3.63) is 18.7 Å². The second kappa shape index (κ2) is 4.39. The van der Waals surface area contributed by atoms with Crippen LogP contribution in [0, 0.1) is 0 Å². The lowest BCUT2D eigenvalue weighted by Crippen LogP contribution is -2.23. The van der Waals surface area contributed by atoms with Crippen molar-refractivity contribution >= 4 is 11.6 Å². The van der Waals surface area contributed by atoms with E-state index in [1.807, 2.05) is 17.8 Å². The van der Waals surface area contributed by atoms with Crippen LogP contribution in [0.4, 0.5) is 0 Å². The molecule has 0 fully saturated rings. The highest BCUT2D eigenvalue weighted by Crippen LogP contribution is 1.95. The van der Waals surface area contributed by atoms with Gasteiger partial charge in [0.2, 0.25) is 6.33 Å². The molecular formula is C8H14ClN2+. The number of hydrogen-bond acceptors (Lipinski definition) is 0. The molecule has 0 spiro atoms. The predicted molar refractivity (Wildman–Crippen MR) is 45.6 cm³/mol. The van der Waals surface area contributed by atoms with Gasteiger partial charge in [-0.25, -0.2) is 9.13 Å². The summed E-state index contributed by atoms with van der Waals surface area (Å²) >= 11 is 5.56. The fraction of sp³-hybridized carbons (Fsp3) is 0.625. The highest BCUT2D eigenvalue weighted by molar-refractivity contribution is 6.17. The highest BCUT2D eigenvalue weighted by Gasteiger charge is 1.97. The molecule has 0 radical (unpaired) electrons. The van der Waals surface area contributed by atoms with Gasteiger partial charge in [-0.2, -0.15) is 0 Å². The van der Waals surface area contributed by atoms with Crippen LogP contribution in [0.2, 0.25) is 0 Å². The number of rotatable bonds is 4. The van der Waals surface area contributed by atoms with E-state index in [0.29, 0.717) is 0 Å². The van der Waals surface area contributed by atoms with Gasteiger partial charge in [0, 0.05) is 5.88 Å². The Bertz CT molecular complexity index is 208. The second-order valence-electron chi connectivity index (χ2n) is 2.71.